The molecule has 1 amide bonds. The van der Waals surface area contributed by atoms with Crippen molar-refractivity contribution in [2.75, 3.05) is 0 Å². The van der Waals surface area contributed by atoms with E-state index in [1.807, 2.05) is 13.8 Å². The van der Waals surface area contributed by atoms with Gasteiger partial charge in [0, 0.05) is 18.0 Å². The summed E-state index contributed by atoms with van der Waals surface area (Å²) in [5.41, 5.74) is 2.38. The molecule has 0 aliphatic heterocycles. The van der Waals surface area contributed by atoms with E-state index in [0.717, 1.165) is 41.2 Å². The van der Waals surface area contributed by atoms with E-state index in [1.165, 1.54) is 38.5 Å². The molecule has 4 bridgehead atoms. The number of carbonyl (C=O) groups excluding carboxylic acids is 1. The largest absolute Gasteiger partial charge is 0.361 e. The van der Waals surface area contributed by atoms with Crippen LogP contribution in [-0.4, -0.2) is 17.1 Å². The molecule has 4 nitrogen and oxygen atoms in total. The van der Waals surface area contributed by atoms with E-state index in [1.54, 1.807) is 0 Å². The van der Waals surface area contributed by atoms with Crippen LogP contribution in [0.2, 0.25) is 0 Å². The molecule has 1 aromatic heterocycles. The lowest BCUT2D eigenvalue weighted by Gasteiger charge is -2.59. The number of nitrogens with one attached hydrogen (secondary N) is 1. The van der Waals surface area contributed by atoms with Gasteiger partial charge in [-0.1, -0.05) is 5.16 Å². The van der Waals surface area contributed by atoms with Crippen molar-refractivity contribution in [3.8, 4) is 0 Å². The van der Waals surface area contributed by atoms with Crippen molar-refractivity contribution in [2.24, 2.45) is 23.2 Å². The minimum Gasteiger partial charge on any atom is -0.361 e. The first-order chi connectivity index (χ1) is 11.4. The number of aryl methyl sites for hydroxylation is 2. The van der Waals surface area contributed by atoms with Gasteiger partial charge in [-0.3, -0.25) is 4.79 Å². The van der Waals surface area contributed by atoms with Crippen LogP contribution in [0.1, 0.15) is 68.9 Å². The quantitative estimate of drug-likeness (QED) is 0.889. The molecular weight excluding hydrogens is 300 g/mol. The van der Waals surface area contributed by atoms with Crippen LogP contribution in [0.3, 0.4) is 0 Å². The molecule has 1 atom stereocenters. The Hall–Kier alpha value is -1.32. The molecule has 0 aromatic carbocycles. The van der Waals surface area contributed by atoms with Crippen molar-refractivity contribution in [1.29, 1.82) is 0 Å². The molecule has 0 radical (unpaired) electrons. The molecule has 132 valence electrons. The number of hydrogen-bond acceptors (Lipinski definition) is 3. The fourth-order valence-electron chi connectivity index (χ4n) is 6.27. The van der Waals surface area contributed by atoms with E-state index < -0.39 is 0 Å². The normalized spacial score (nSPS) is 35.2. The molecule has 0 spiro atoms. The van der Waals surface area contributed by atoms with Gasteiger partial charge in [0.2, 0.25) is 5.91 Å². The predicted octanol–water partition coefficient (Wildman–Crippen LogP) is 3.95. The number of carbonyl (C=O) groups is 1. The molecule has 4 aliphatic rings. The standard InChI is InChI=1S/C20H30N2O2/c1-12-18(13(2)24-22-12)4-5-19(23)21-14(3)20-9-15-6-16(10-20)8-17(7-15)11-20/h14-17H,4-11H2,1-3H3,(H,21,23)/t14-,15?,16?,17?,20?/m0/s1. The lowest BCUT2D eigenvalue weighted by Crippen LogP contribution is -2.55. The molecule has 4 aliphatic carbocycles. The van der Waals surface area contributed by atoms with Crippen molar-refractivity contribution < 1.29 is 9.32 Å². The van der Waals surface area contributed by atoms with Crippen LogP contribution >= 0.6 is 0 Å². The average molecular weight is 330 g/mol. The number of nitrogens with zero attached hydrogens (tertiary/aromatic N) is 1. The predicted molar refractivity (Wildman–Crippen MR) is 92.5 cm³/mol. The van der Waals surface area contributed by atoms with Gasteiger partial charge < -0.3 is 9.84 Å². The summed E-state index contributed by atoms with van der Waals surface area (Å²) < 4.78 is 5.19. The Morgan fingerprint density at radius 1 is 1.21 bits per heavy atom. The number of hydrogen-bond donors (Lipinski definition) is 1. The number of amides is 1. The van der Waals surface area contributed by atoms with E-state index in [2.05, 4.69) is 17.4 Å². The summed E-state index contributed by atoms with van der Waals surface area (Å²) >= 11 is 0. The van der Waals surface area contributed by atoms with Crippen LogP contribution < -0.4 is 5.32 Å². The molecule has 0 unspecified atom stereocenters. The van der Waals surface area contributed by atoms with Gasteiger partial charge in [-0.2, -0.15) is 0 Å². The van der Waals surface area contributed by atoms with Gasteiger partial charge in [-0.15, -0.1) is 0 Å². The zero-order chi connectivity index (χ0) is 16.9. The molecule has 4 saturated carbocycles. The Balaban J connectivity index is 1.36. The molecule has 24 heavy (non-hydrogen) atoms. The summed E-state index contributed by atoms with van der Waals surface area (Å²) in [5.74, 6) is 3.81. The summed E-state index contributed by atoms with van der Waals surface area (Å²) in [7, 11) is 0. The smallest absolute Gasteiger partial charge is 0.220 e. The Morgan fingerprint density at radius 2 is 1.79 bits per heavy atom. The second-order valence-electron chi connectivity index (χ2n) is 8.87. The third-order valence-corrected chi connectivity index (χ3v) is 7.16. The fourth-order valence-corrected chi connectivity index (χ4v) is 6.27. The molecule has 4 fully saturated rings. The zero-order valence-corrected chi connectivity index (χ0v) is 15.2. The maximum absolute atomic E-state index is 12.5. The minimum absolute atomic E-state index is 0.179. The van der Waals surface area contributed by atoms with Crippen LogP contribution in [0.15, 0.2) is 4.52 Å². The zero-order valence-electron chi connectivity index (χ0n) is 15.2. The molecule has 5 rings (SSSR count). The molecular formula is C20H30N2O2. The Bertz CT molecular complexity index is 579. The molecule has 1 heterocycles. The summed E-state index contributed by atoms with van der Waals surface area (Å²) in [5, 5.41) is 7.32. The highest BCUT2D eigenvalue weighted by Gasteiger charge is 2.53. The Labute approximate surface area is 144 Å². The third-order valence-electron chi connectivity index (χ3n) is 7.16. The SMILES string of the molecule is Cc1noc(C)c1CCC(=O)N[C@@H](C)C12CC3CC(CC(C3)C1)C2. The first-order valence-corrected chi connectivity index (χ1v) is 9.66. The van der Waals surface area contributed by atoms with E-state index in [9.17, 15) is 4.79 Å². The average Bonchev–Trinajstić information content (AvgIpc) is 2.82. The van der Waals surface area contributed by atoms with Crippen molar-refractivity contribution in [2.45, 2.75) is 78.2 Å². The topological polar surface area (TPSA) is 55.1 Å². The second-order valence-corrected chi connectivity index (χ2v) is 8.87. The van der Waals surface area contributed by atoms with Gasteiger partial charge in [0.05, 0.1) is 5.69 Å². The van der Waals surface area contributed by atoms with Gasteiger partial charge in [0.25, 0.3) is 0 Å². The third kappa shape index (κ3) is 2.78. The highest BCUT2D eigenvalue weighted by Crippen LogP contribution is 2.61. The van der Waals surface area contributed by atoms with Gasteiger partial charge in [-0.05, 0) is 88.9 Å². The van der Waals surface area contributed by atoms with Crippen molar-refractivity contribution >= 4 is 5.91 Å². The monoisotopic (exact) mass is 330 g/mol. The first kappa shape index (κ1) is 16.2. The summed E-state index contributed by atoms with van der Waals surface area (Å²) in [4.78, 5) is 12.5. The van der Waals surface area contributed by atoms with E-state index in [4.69, 9.17) is 4.52 Å². The highest BCUT2D eigenvalue weighted by atomic mass is 16.5. The van der Waals surface area contributed by atoms with Gasteiger partial charge >= 0.3 is 0 Å². The highest BCUT2D eigenvalue weighted by molar-refractivity contribution is 5.76. The fraction of sp³-hybridized carbons (Fsp3) is 0.800. The molecule has 0 saturated heterocycles. The van der Waals surface area contributed by atoms with Crippen LogP contribution in [0.5, 0.6) is 0 Å². The molecule has 1 aromatic rings. The summed E-state index contributed by atoms with van der Waals surface area (Å²) in [6.45, 7) is 6.12. The van der Waals surface area contributed by atoms with E-state index in [0.29, 0.717) is 17.9 Å². The lowest BCUT2D eigenvalue weighted by molar-refractivity contribution is -0.125. The van der Waals surface area contributed by atoms with Crippen molar-refractivity contribution in [3.05, 3.63) is 17.0 Å². The van der Waals surface area contributed by atoms with E-state index in [-0.39, 0.29) is 5.91 Å². The van der Waals surface area contributed by atoms with E-state index >= 15 is 0 Å². The lowest BCUT2D eigenvalue weighted by atomic mass is 9.48. The number of rotatable bonds is 5. The minimum atomic E-state index is 0.179. The van der Waals surface area contributed by atoms with Crippen LogP contribution in [0.4, 0.5) is 0 Å². The van der Waals surface area contributed by atoms with Crippen LogP contribution in [0.25, 0.3) is 0 Å². The Kier molecular flexibility index (Phi) is 3.97. The first-order valence-electron chi connectivity index (χ1n) is 9.66. The van der Waals surface area contributed by atoms with Gasteiger partial charge in [0.1, 0.15) is 5.76 Å². The molecule has 1 N–H and O–H groups in total. The summed E-state index contributed by atoms with van der Waals surface area (Å²) in [6.07, 6.45) is 9.61. The van der Waals surface area contributed by atoms with Crippen molar-refractivity contribution in [3.63, 3.8) is 0 Å². The molecule has 4 heteroatoms. The van der Waals surface area contributed by atoms with Gasteiger partial charge in [-0.25, -0.2) is 0 Å². The summed E-state index contributed by atoms with van der Waals surface area (Å²) in [6, 6.07) is 0.308. The van der Waals surface area contributed by atoms with Crippen molar-refractivity contribution in [1.82, 2.24) is 10.5 Å². The van der Waals surface area contributed by atoms with Gasteiger partial charge in [0.15, 0.2) is 0 Å². The Morgan fingerprint density at radius 3 is 2.29 bits per heavy atom. The second kappa shape index (κ2) is 5.89. The van der Waals surface area contributed by atoms with Crippen LogP contribution in [0, 0.1) is 37.0 Å². The maximum Gasteiger partial charge on any atom is 0.220 e. The maximum atomic E-state index is 12.5. The number of aromatic nitrogens is 1. The van der Waals surface area contributed by atoms with Crippen LogP contribution in [-0.2, 0) is 11.2 Å².